The molecule has 0 saturated carbocycles. The summed E-state index contributed by atoms with van der Waals surface area (Å²) in [5.41, 5.74) is 6.30. The van der Waals surface area contributed by atoms with Crippen LogP contribution in [0.25, 0.3) is 0 Å². The molecule has 132 valence electrons. The van der Waals surface area contributed by atoms with Crippen LogP contribution in [0.4, 0.5) is 0 Å². The van der Waals surface area contributed by atoms with E-state index in [4.69, 9.17) is 10.5 Å². The van der Waals surface area contributed by atoms with E-state index in [1.54, 1.807) is 13.8 Å². The molecule has 0 aliphatic rings. The predicted molar refractivity (Wildman–Crippen MR) is 90.2 cm³/mol. The number of Topliss-reactive ketones (excluding diaryl/α,β-unsaturated/α-hetero) is 1. The molecule has 0 aromatic heterocycles. The van der Waals surface area contributed by atoms with Crippen LogP contribution < -0.4 is 16.4 Å². The van der Waals surface area contributed by atoms with Crippen molar-refractivity contribution in [3.63, 3.8) is 0 Å². The molecule has 7 nitrogen and oxygen atoms in total. The van der Waals surface area contributed by atoms with Crippen LogP contribution in [0.2, 0.25) is 0 Å². The van der Waals surface area contributed by atoms with E-state index in [1.165, 1.54) is 0 Å². The number of hydrogen-bond donors (Lipinski definition) is 3. The van der Waals surface area contributed by atoms with Crippen molar-refractivity contribution >= 4 is 17.7 Å². The average Bonchev–Trinajstić information content (AvgIpc) is 2.59. The Morgan fingerprint density at radius 2 is 1.88 bits per heavy atom. The van der Waals surface area contributed by atoms with Gasteiger partial charge in [-0.3, -0.25) is 19.7 Å². The highest BCUT2D eigenvalue weighted by Gasteiger charge is 2.23. The molecule has 1 aromatic rings. The van der Waals surface area contributed by atoms with Crippen LogP contribution in [-0.2, 0) is 25.5 Å². The zero-order chi connectivity index (χ0) is 17.9. The van der Waals surface area contributed by atoms with Gasteiger partial charge in [-0.25, -0.2) is 0 Å². The minimum atomic E-state index is -0.660. The van der Waals surface area contributed by atoms with Crippen molar-refractivity contribution in [2.45, 2.75) is 32.4 Å². The summed E-state index contributed by atoms with van der Waals surface area (Å²) in [6, 6.07) is 8.19. The third-order valence-electron chi connectivity index (χ3n) is 3.45. The van der Waals surface area contributed by atoms with Crippen LogP contribution >= 0.6 is 0 Å². The second-order valence-corrected chi connectivity index (χ2v) is 5.32. The Morgan fingerprint density at radius 3 is 2.46 bits per heavy atom. The zero-order valence-corrected chi connectivity index (χ0v) is 14.1. The highest BCUT2D eigenvalue weighted by Crippen LogP contribution is 2.05. The predicted octanol–water partition coefficient (Wildman–Crippen LogP) is -0.217. The average molecular weight is 335 g/mol. The van der Waals surface area contributed by atoms with E-state index in [0.717, 1.165) is 5.56 Å². The lowest BCUT2D eigenvalue weighted by atomic mass is 10.0. The molecule has 0 fully saturated rings. The number of ketones is 1. The van der Waals surface area contributed by atoms with E-state index in [9.17, 15) is 14.4 Å². The molecule has 0 radical (unpaired) electrons. The summed E-state index contributed by atoms with van der Waals surface area (Å²) in [6.45, 7) is 3.30. The normalized spacial score (nSPS) is 13.0. The number of benzene rings is 1. The zero-order valence-electron chi connectivity index (χ0n) is 14.1. The Balaban J connectivity index is 2.73. The molecule has 1 amide bonds. The van der Waals surface area contributed by atoms with Gasteiger partial charge in [-0.15, -0.1) is 0 Å². The van der Waals surface area contributed by atoms with Gasteiger partial charge in [0.05, 0.1) is 25.2 Å². The number of rotatable bonds is 10. The lowest BCUT2D eigenvalue weighted by molar-refractivity contribution is -0.143. The lowest BCUT2D eigenvalue weighted by Gasteiger charge is -2.22. The van der Waals surface area contributed by atoms with Gasteiger partial charge >= 0.3 is 5.97 Å². The van der Waals surface area contributed by atoms with Gasteiger partial charge in [-0.05, 0) is 25.8 Å². The first-order chi connectivity index (χ1) is 11.5. The van der Waals surface area contributed by atoms with Gasteiger partial charge in [0.15, 0.2) is 5.78 Å². The van der Waals surface area contributed by atoms with Gasteiger partial charge in [0.25, 0.3) is 0 Å². The molecular weight excluding hydrogens is 310 g/mol. The van der Waals surface area contributed by atoms with Crippen LogP contribution in [0.5, 0.6) is 0 Å². The first-order valence-electron chi connectivity index (χ1n) is 7.94. The van der Waals surface area contributed by atoms with Crippen molar-refractivity contribution < 1.29 is 19.1 Å². The van der Waals surface area contributed by atoms with E-state index in [2.05, 4.69) is 10.6 Å². The van der Waals surface area contributed by atoms with Crippen molar-refractivity contribution in [1.29, 1.82) is 0 Å². The fraction of sp³-hybridized carbons (Fsp3) is 0.471. The molecule has 2 unspecified atom stereocenters. The SMILES string of the molecule is CCOC(=O)CNC(=O)C(Cc1ccccc1)NC(C)C(=O)CN. The quantitative estimate of drug-likeness (QED) is 0.510. The summed E-state index contributed by atoms with van der Waals surface area (Å²) in [6.07, 6.45) is 0.387. The molecular formula is C17H25N3O4. The molecule has 7 heteroatoms. The second kappa shape index (κ2) is 10.5. The maximum Gasteiger partial charge on any atom is 0.325 e. The number of carbonyl (C=O) groups excluding carboxylic acids is 3. The Bertz CT molecular complexity index is 548. The van der Waals surface area contributed by atoms with Gasteiger partial charge in [0.1, 0.15) is 6.54 Å². The Hall–Kier alpha value is -2.25. The molecule has 0 aliphatic heterocycles. The van der Waals surface area contributed by atoms with E-state index in [1.807, 2.05) is 30.3 Å². The van der Waals surface area contributed by atoms with E-state index in [-0.39, 0.29) is 31.4 Å². The van der Waals surface area contributed by atoms with Crippen molar-refractivity contribution in [3.8, 4) is 0 Å². The molecule has 0 bridgehead atoms. The van der Waals surface area contributed by atoms with Crippen molar-refractivity contribution in [2.75, 3.05) is 19.7 Å². The number of amides is 1. The number of ether oxygens (including phenoxy) is 1. The summed E-state index contributed by atoms with van der Waals surface area (Å²) >= 11 is 0. The molecule has 1 aromatic carbocycles. The maximum absolute atomic E-state index is 12.4. The lowest BCUT2D eigenvalue weighted by Crippen LogP contribution is -2.52. The number of esters is 1. The van der Waals surface area contributed by atoms with Gasteiger partial charge in [-0.1, -0.05) is 30.3 Å². The Kier molecular flexibility index (Phi) is 8.67. The molecule has 24 heavy (non-hydrogen) atoms. The monoisotopic (exact) mass is 335 g/mol. The first-order valence-corrected chi connectivity index (χ1v) is 7.94. The first kappa shape index (κ1) is 19.8. The standard InChI is InChI=1S/C17H25N3O4/c1-3-24-16(22)11-19-17(23)14(20-12(2)15(21)10-18)9-13-7-5-4-6-8-13/h4-8,12,14,20H,3,9-11,18H2,1-2H3,(H,19,23). The van der Waals surface area contributed by atoms with Crippen molar-refractivity contribution in [1.82, 2.24) is 10.6 Å². The third kappa shape index (κ3) is 6.89. The minimum Gasteiger partial charge on any atom is -0.465 e. The summed E-state index contributed by atoms with van der Waals surface area (Å²) in [7, 11) is 0. The van der Waals surface area contributed by atoms with Gasteiger partial charge < -0.3 is 15.8 Å². The fourth-order valence-corrected chi connectivity index (χ4v) is 2.14. The van der Waals surface area contributed by atoms with E-state index < -0.39 is 18.1 Å². The van der Waals surface area contributed by atoms with Crippen LogP contribution in [-0.4, -0.2) is 49.4 Å². The number of nitrogens with two attached hydrogens (primary N) is 1. The molecule has 0 saturated heterocycles. The largest absolute Gasteiger partial charge is 0.465 e. The molecule has 0 aliphatic carbocycles. The molecule has 0 heterocycles. The van der Waals surface area contributed by atoms with E-state index in [0.29, 0.717) is 6.42 Å². The molecule has 0 spiro atoms. The topological polar surface area (TPSA) is 111 Å². The highest BCUT2D eigenvalue weighted by molar-refractivity contribution is 5.88. The van der Waals surface area contributed by atoms with Gasteiger partial charge in [0, 0.05) is 0 Å². The Labute approximate surface area is 141 Å². The van der Waals surface area contributed by atoms with Crippen LogP contribution in [0, 0.1) is 0 Å². The van der Waals surface area contributed by atoms with Gasteiger partial charge in [0.2, 0.25) is 5.91 Å². The number of carbonyl (C=O) groups is 3. The van der Waals surface area contributed by atoms with Crippen molar-refractivity contribution in [2.24, 2.45) is 5.73 Å². The smallest absolute Gasteiger partial charge is 0.325 e. The fourth-order valence-electron chi connectivity index (χ4n) is 2.14. The molecule has 1 rings (SSSR count). The summed E-state index contributed by atoms with van der Waals surface area (Å²) in [5, 5.41) is 5.51. The highest BCUT2D eigenvalue weighted by atomic mass is 16.5. The molecule has 4 N–H and O–H groups in total. The van der Waals surface area contributed by atoms with Crippen LogP contribution in [0.3, 0.4) is 0 Å². The van der Waals surface area contributed by atoms with Gasteiger partial charge in [-0.2, -0.15) is 0 Å². The van der Waals surface area contributed by atoms with E-state index >= 15 is 0 Å². The minimum absolute atomic E-state index is 0.101. The van der Waals surface area contributed by atoms with Crippen LogP contribution in [0.1, 0.15) is 19.4 Å². The van der Waals surface area contributed by atoms with Crippen LogP contribution in [0.15, 0.2) is 30.3 Å². The summed E-state index contributed by atoms with van der Waals surface area (Å²) < 4.78 is 4.78. The summed E-state index contributed by atoms with van der Waals surface area (Å²) in [5.74, 6) is -1.06. The Morgan fingerprint density at radius 1 is 1.21 bits per heavy atom. The second-order valence-electron chi connectivity index (χ2n) is 5.32. The molecule has 2 atom stereocenters. The maximum atomic E-state index is 12.4. The third-order valence-corrected chi connectivity index (χ3v) is 3.45. The number of nitrogens with one attached hydrogen (secondary N) is 2. The summed E-state index contributed by atoms with van der Waals surface area (Å²) in [4.78, 5) is 35.4. The number of hydrogen-bond acceptors (Lipinski definition) is 6. The van der Waals surface area contributed by atoms with Crippen molar-refractivity contribution in [3.05, 3.63) is 35.9 Å².